The molecule has 1 atom stereocenters. The highest BCUT2D eigenvalue weighted by molar-refractivity contribution is 9.10. The van der Waals surface area contributed by atoms with Gasteiger partial charge in [-0.1, -0.05) is 51.3 Å². The molecule has 0 saturated heterocycles. The number of benzene rings is 3. The average molecular weight is 536 g/mol. The fraction of sp³-hybridized carbons (Fsp3) is 0.0870. The van der Waals surface area contributed by atoms with Gasteiger partial charge in [0.05, 0.1) is 16.8 Å². The van der Waals surface area contributed by atoms with Crippen molar-refractivity contribution in [3.05, 3.63) is 92.4 Å². The summed E-state index contributed by atoms with van der Waals surface area (Å²) in [6.45, 7) is 1.62. The van der Waals surface area contributed by atoms with Crippen LogP contribution in [0.5, 0.6) is 11.5 Å². The van der Waals surface area contributed by atoms with Gasteiger partial charge in [-0.15, -0.1) is 0 Å². The van der Waals surface area contributed by atoms with Crippen molar-refractivity contribution < 1.29 is 19.1 Å². The van der Waals surface area contributed by atoms with Crippen molar-refractivity contribution in [3.63, 3.8) is 0 Å². The molecule has 0 heterocycles. The summed E-state index contributed by atoms with van der Waals surface area (Å²) < 4.78 is 11.8. The fourth-order valence-corrected chi connectivity index (χ4v) is 3.26. The number of nitrogens with zero attached hydrogens (tertiary/aromatic N) is 1. The number of amides is 1. The van der Waals surface area contributed by atoms with Crippen LogP contribution in [0, 0.1) is 0 Å². The number of hydrogen-bond donors (Lipinski definition) is 1. The van der Waals surface area contributed by atoms with Gasteiger partial charge in [0.2, 0.25) is 0 Å². The Labute approximate surface area is 203 Å². The number of carbonyl (C=O) groups is 2. The molecule has 3 rings (SSSR count). The Bertz CT molecular complexity index is 1150. The van der Waals surface area contributed by atoms with Gasteiger partial charge in [0.1, 0.15) is 11.5 Å². The lowest BCUT2D eigenvalue weighted by Crippen LogP contribution is -2.33. The molecule has 6 nitrogen and oxygen atoms in total. The number of hydrogen-bond acceptors (Lipinski definition) is 5. The molecule has 0 unspecified atom stereocenters. The third-order valence-corrected chi connectivity index (χ3v) is 5.18. The van der Waals surface area contributed by atoms with Crippen LogP contribution in [0.4, 0.5) is 0 Å². The van der Waals surface area contributed by atoms with Gasteiger partial charge < -0.3 is 9.47 Å². The second-order valence-electron chi connectivity index (χ2n) is 6.53. The molecule has 0 saturated carbocycles. The lowest BCUT2D eigenvalue weighted by molar-refractivity contribution is -0.127. The summed E-state index contributed by atoms with van der Waals surface area (Å²) in [5, 5.41) is 4.55. The van der Waals surface area contributed by atoms with E-state index in [0.29, 0.717) is 22.1 Å². The molecular formula is C23H17BrCl2N2O4. The molecule has 3 aromatic carbocycles. The third-order valence-electron chi connectivity index (χ3n) is 4.10. The molecule has 0 fully saturated rings. The first kappa shape index (κ1) is 23.8. The maximum Gasteiger partial charge on any atom is 0.345 e. The first-order valence-electron chi connectivity index (χ1n) is 9.34. The Kier molecular flexibility index (Phi) is 8.27. The standard InChI is InChI=1S/C23H17BrCl2N2O4/c1-14(31-18-8-5-16(24)6-9-18)22(29)28-27-13-15-3-2-4-19(11-15)32-23(30)20-10-7-17(25)12-21(20)26/h2-14H,1H3,(H,28,29)/b27-13-/t14-/m0/s1. The second kappa shape index (κ2) is 11.1. The Morgan fingerprint density at radius 1 is 1.03 bits per heavy atom. The maximum absolute atomic E-state index is 12.3. The highest BCUT2D eigenvalue weighted by atomic mass is 79.9. The Morgan fingerprint density at radius 2 is 1.78 bits per heavy atom. The van der Waals surface area contributed by atoms with Gasteiger partial charge in [-0.2, -0.15) is 5.10 Å². The van der Waals surface area contributed by atoms with Gasteiger partial charge >= 0.3 is 5.97 Å². The number of esters is 1. The first-order valence-corrected chi connectivity index (χ1v) is 10.9. The molecule has 0 radical (unpaired) electrons. The second-order valence-corrected chi connectivity index (χ2v) is 8.29. The first-order chi connectivity index (χ1) is 15.3. The number of halogens is 3. The molecule has 3 aromatic rings. The minimum atomic E-state index is -0.746. The maximum atomic E-state index is 12.3. The molecule has 164 valence electrons. The van der Waals surface area contributed by atoms with Gasteiger partial charge in [0.15, 0.2) is 6.10 Å². The number of nitrogens with one attached hydrogen (secondary N) is 1. The molecule has 0 aliphatic heterocycles. The minimum absolute atomic E-state index is 0.196. The number of rotatable bonds is 7. The van der Waals surface area contributed by atoms with Gasteiger partial charge in [-0.25, -0.2) is 10.2 Å². The summed E-state index contributed by atoms with van der Waals surface area (Å²) in [5.74, 6) is -0.171. The van der Waals surface area contributed by atoms with Crippen LogP contribution in [0.15, 0.2) is 76.3 Å². The summed E-state index contributed by atoms with van der Waals surface area (Å²) in [6.07, 6.45) is 0.682. The van der Waals surface area contributed by atoms with Crippen molar-refractivity contribution in [1.82, 2.24) is 5.43 Å². The zero-order valence-corrected chi connectivity index (χ0v) is 19.8. The Morgan fingerprint density at radius 3 is 2.50 bits per heavy atom. The molecular weight excluding hydrogens is 519 g/mol. The van der Waals surface area contributed by atoms with Gasteiger partial charge in [-0.05, 0) is 67.1 Å². The highest BCUT2D eigenvalue weighted by Crippen LogP contribution is 2.23. The highest BCUT2D eigenvalue weighted by Gasteiger charge is 2.15. The topological polar surface area (TPSA) is 77.0 Å². The quantitative estimate of drug-likeness (QED) is 0.177. The lowest BCUT2D eigenvalue weighted by Gasteiger charge is -2.12. The van der Waals surface area contributed by atoms with E-state index in [2.05, 4.69) is 26.5 Å². The number of hydrazone groups is 1. The van der Waals surface area contributed by atoms with E-state index in [1.54, 1.807) is 49.4 Å². The smallest absolute Gasteiger partial charge is 0.345 e. The van der Waals surface area contributed by atoms with Crippen LogP contribution >= 0.6 is 39.1 Å². The van der Waals surface area contributed by atoms with E-state index in [9.17, 15) is 9.59 Å². The van der Waals surface area contributed by atoms with Crippen molar-refractivity contribution in [3.8, 4) is 11.5 Å². The molecule has 0 aromatic heterocycles. The van der Waals surface area contributed by atoms with Crippen molar-refractivity contribution in [2.45, 2.75) is 13.0 Å². The van der Waals surface area contributed by atoms with E-state index in [1.165, 1.54) is 18.3 Å². The van der Waals surface area contributed by atoms with Crippen LogP contribution in [-0.4, -0.2) is 24.2 Å². The Hall–Kier alpha value is -2.87. The summed E-state index contributed by atoms with van der Waals surface area (Å²) >= 11 is 15.2. The summed E-state index contributed by atoms with van der Waals surface area (Å²) in [4.78, 5) is 24.5. The number of ether oxygens (including phenoxy) is 2. The molecule has 9 heteroatoms. The van der Waals surface area contributed by atoms with Crippen molar-refractivity contribution in [1.29, 1.82) is 0 Å². The monoisotopic (exact) mass is 534 g/mol. The zero-order chi connectivity index (χ0) is 23.1. The van der Waals surface area contributed by atoms with Crippen molar-refractivity contribution in [2.24, 2.45) is 5.10 Å². The van der Waals surface area contributed by atoms with E-state index in [4.69, 9.17) is 32.7 Å². The van der Waals surface area contributed by atoms with Gasteiger partial charge in [0, 0.05) is 9.50 Å². The number of carbonyl (C=O) groups excluding carboxylic acids is 2. The third kappa shape index (κ3) is 6.82. The minimum Gasteiger partial charge on any atom is -0.481 e. The molecule has 1 amide bonds. The van der Waals surface area contributed by atoms with E-state index in [1.807, 2.05) is 12.1 Å². The lowest BCUT2D eigenvalue weighted by atomic mass is 10.2. The molecule has 32 heavy (non-hydrogen) atoms. The largest absolute Gasteiger partial charge is 0.481 e. The van der Waals surface area contributed by atoms with E-state index in [0.717, 1.165) is 4.47 Å². The fourth-order valence-electron chi connectivity index (χ4n) is 2.51. The van der Waals surface area contributed by atoms with E-state index in [-0.39, 0.29) is 10.6 Å². The molecule has 0 aliphatic carbocycles. The van der Waals surface area contributed by atoms with Crippen LogP contribution < -0.4 is 14.9 Å². The van der Waals surface area contributed by atoms with Crippen LogP contribution in [0.25, 0.3) is 0 Å². The summed E-state index contributed by atoms with van der Waals surface area (Å²) in [7, 11) is 0. The zero-order valence-electron chi connectivity index (χ0n) is 16.7. The van der Waals surface area contributed by atoms with Crippen LogP contribution in [0.1, 0.15) is 22.8 Å². The molecule has 1 N–H and O–H groups in total. The van der Waals surface area contributed by atoms with Gasteiger partial charge in [0.25, 0.3) is 5.91 Å². The van der Waals surface area contributed by atoms with Crippen LogP contribution in [0.2, 0.25) is 10.0 Å². The summed E-state index contributed by atoms with van der Waals surface area (Å²) in [5.41, 5.74) is 3.23. The normalized spacial score (nSPS) is 11.8. The summed E-state index contributed by atoms with van der Waals surface area (Å²) in [6, 6.07) is 18.3. The van der Waals surface area contributed by atoms with Crippen LogP contribution in [-0.2, 0) is 4.79 Å². The SMILES string of the molecule is C[C@H](Oc1ccc(Br)cc1)C(=O)N/N=C\c1cccc(OC(=O)c2ccc(Cl)cc2Cl)c1. The molecule has 0 spiro atoms. The van der Waals surface area contributed by atoms with Crippen molar-refractivity contribution >= 4 is 57.2 Å². The van der Waals surface area contributed by atoms with Crippen LogP contribution in [0.3, 0.4) is 0 Å². The Balaban J connectivity index is 1.57. The van der Waals surface area contributed by atoms with Crippen molar-refractivity contribution in [2.75, 3.05) is 0 Å². The molecule has 0 bridgehead atoms. The van der Waals surface area contributed by atoms with E-state index >= 15 is 0 Å². The predicted octanol–water partition coefficient (Wildman–Crippen LogP) is 5.89. The van der Waals surface area contributed by atoms with E-state index < -0.39 is 18.0 Å². The van der Waals surface area contributed by atoms with Gasteiger partial charge in [-0.3, -0.25) is 4.79 Å². The molecule has 0 aliphatic rings. The predicted molar refractivity (Wildman–Crippen MR) is 128 cm³/mol. The average Bonchev–Trinajstić information content (AvgIpc) is 2.75.